The molecule has 0 aliphatic rings. The fourth-order valence-corrected chi connectivity index (χ4v) is 1.97. The predicted octanol–water partition coefficient (Wildman–Crippen LogP) is 2.74. The molecule has 100 valence electrons. The third-order valence-corrected chi connectivity index (χ3v) is 3.08. The van der Waals surface area contributed by atoms with Crippen LogP contribution in [0.15, 0.2) is 42.5 Å². The Morgan fingerprint density at radius 2 is 1.74 bits per heavy atom. The van der Waals surface area contributed by atoms with Crippen molar-refractivity contribution in [3.8, 4) is 11.5 Å². The summed E-state index contributed by atoms with van der Waals surface area (Å²) >= 11 is 0. The lowest BCUT2D eigenvalue weighted by Gasteiger charge is -2.08. The molecule has 0 aliphatic heterocycles. The lowest BCUT2D eigenvalue weighted by Crippen LogP contribution is -2.16. The molecule has 0 aromatic heterocycles. The maximum absolute atomic E-state index is 9.71. The van der Waals surface area contributed by atoms with Crippen LogP contribution in [0.1, 0.15) is 16.7 Å². The molecule has 0 aliphatic carbocycles. The second-order valence-electron chi connectivity index (χ2n) is 4.73. The Morgan fingerprint density at radius 1 is 1.00 bits per heavy atom. The van der Waals surface area contributed by atoms with Gasteiger partial charge in [-0.15, -0.1) is 0 Å². The first kappa shape index (κ1) is 13.4. The minimum Gasteiger partial charge on any atom is -0.508 e. The second kappa shape index (κ2) is 6.25. The zero-order valence-corrected chi connectivity index (χ0v) is 11.1. The molecule has 0 saturated carbocycles. The number of hydrogen-bond acceptors (Lipinski definition) is 3. The SMILES string of the molecule is Cc1ccc(O)c(CNCCc2ccc(O)cc2)c1. The average molecular weight is 257 g/mol. The third-order valence-electron chi connectivity index (χ3n) is 3.08. The lowest BCUT2D eigenvalue weighted by atomic mass is 10.1. The van der Waals surface area contributed by atoms with Gasteiger partial charge in [-0.3, -0.25) is 0 Å². The van der Waals surface area contributed by atoms with Crippen LogP contribution in [-0.4, -0.2) is 16.8 Å². The van der Waals surface area contributed by atoms with Gasteiger partial charge < -0.3 is 15.5 Å². The molecule has 0 atom stereocenters. The van der Waals surface area contributed by atoms with Gasteiger partial charge >= 0.3 is 0 Å². The summed E-state index contributed by atoms with van der Waals surface area (Å²) in [5, 5.41) is 22.2. The maximum atomic E-state index is 9.71. The van der Waals surface area contributed by atoms with E-state index >= 15 is 0 Å². The van der Waals surface area contributed by atoms with Crippen LogP contribution in [-0.2, 0) is 13.0 Å². The lowest BCUT2D eigenvalue weighted by molar-refractivity contribution is 0.464. The Bertz CT molecular complexity index is 535. The van der Waals surface area contributed by atoms with Crippen molar-refractivity contribution < 1.29 is 10.2 Å². The van der Waals surface area contributed by atoms with Gasteiger partial charge in [0.05, 0.1) is 0 Å². The summed E-state index contributed by atoms with van der Waals surface area (Å²) in [7, 11) is 0. The van der Waals surface area contributed by atoms with Gasteiger partial charge in [0, 0.05) is 12.1 Å². The molecule has 0 saturated heterocycles. The van der Waals surface area contributed by atoms with Crippen molar-refractivity contribution in [3.63, 3.8) is 0 Å². The number of aromatic hydroxyl groups is 2. The van der Waals surface area contributed by atoms with E-state index in [9.17, 15) is 10.2 Å². The number of benzene rings is 2. The fraction of sp³-hybridized carbons (Fsp3) is 0.250. The van der Waals surface area contributed by atoms with Crippen LogP contribution in [0.4, 0.5) is 0 Å². The molecule has 2 aromatic rings. The minimum absolute atomic E-state index is 0.293. The Morgan fingerprint density at radius 3 is 2.47 bits per heavy atom. The van der Waals surface area contributed by atoms with E-state index in [1.54, 1.807) is 18.2 Å². The van der Waals surface area contributed by atoms with E-state index < -0.39 is 0 Å². The molecule has 3 N–H and O–H groups in total. The van der Waals surface area contributed by atoms with Crippen molar-refractivity contribution in [1.82, 2.24) is 5.32 Å². The second-order valence-corrected chi connectivity index (χ2v) is 4.73. The van der Waals surface area contributed by atoms with Gasteiger partial charge in [-0.05, 0) is 43.7 Å². The molecule has 0 heterocycles. The van der Waals surface area contributed by atoms with Gasteiger partial charge in [-0.2, -0.15) is 0 Å². The van der Waals surface area contributed by atoms with Crippen molar-refractivity contribution in [2.45, 2.75) is 19.9 Å². The van der Waals surface area contributed by atoms with E-state index in [1.807, 2.05) is 31.2 Å². The molecule has 0 spiro atoms. The minimum atomic E-state index is 0.293. The maximum Gasteiger partial charge on any atom is 0.120 e. The highest BCUT2D eigenvalue weighted by Gasteiger charge is 2.01. The van der Waals surface area contributed by atoms with Gasteiger partial charge in [-0.25, -0.2) is 0 Å². The van der Waals surface area contributed by atoms with Gasteiger partial charge in [-0.1, -0.05) is 29.8 Å². The first-order valence-corrected chi connectivity index (χ1v) is 6.42. The zero-order valence-electron chi connectivity index (χ0n) is 11.1. The molecule has 2 aromatic carbocycles. The highest BCUT2D eigenvalue weighted by atomic mass is 16.3. The van der Waals surface area contributed by atoms with Crippen LogP contribution in [0, 0.1) is 6.92 Å². The van der Waals surface area contributed by atoms with Crippen LogP contribution in [0.25, 0.3) is 0 Å². The number of hydrogen-bond donors (Lipinski definition) is 3. The predicted molar refractivity (Wildman–Crippen MR) is 76.4 cm³/mol. The van der Waals surface area contributed by atoms with Crippen LogP contribution < -0.4 is 5.32 Å². The van der Waals surface area contributed by atoms with E-state index in [0.29, 0.717) is 18.0 Å². The summed E-state index contributed by atoms with van der Waals surface area (Å²) < 4.78 is 0. The molecule has 0 amide bonds. The van der Waals surface area contributed by atoms with Gasteiger partial charge in [0.25, 0.3) is 0 Å². The Hall–Kier alpha value is -2.00. The molecular formula is C16H19NO2. The van der Waals surface area contributed by atoms with Crippen molar-refractivity contribution in [2.24, 2.45) is 0 Å². The summed E-state index contributed by atoms with van der Waals surface area (Å²) in [5.41, 5.74) is 3.25. The molecule has 0 bridgehead atoms. The molecule has 0 fully saturated rings. The summed E-state index contributed by atoms with van der Waals surface area (Å²) in [6, 6.07) is 12.8. The van der Waals surface area contributed by atoms with E-state index in [-0.39, 0.29) is 0 Å². The number of rotatable bonds is 5. The number of phenolic OH excluding ortho intramolecular Hbond substituents is 2. The molecule has 3 nitrogen and oxygen atoms in total. The Kier molecular flexibility index (Phi) is 4.42. The molecule has 19 heavy (non-hydrogen) atoms. The summed E-state index contributed by atoms with van der Waals surface area (Å²) in [6.07, 6.45) is 0.896. The first-order valence-electron chi connectivity index (χ1n) is 6.42. The smallest absolute Gasteiger partial charge is 0.120 e. The number of nitrogens with one attached hydrogen (secondary N) is 1. The Labute approximate surface area is 113 Å². The summed E-state index contributed by atoms with van der Waals surface area (Å²) in [6.45, 7) is 3.50. The van der Waals surface area contributed by atoms with Crippen LogP contribution in [0.5, 0.6) is 11.5 Å². The summed E-state index contributed by atoms with van der Waals surface area (Å²) in [5.74, 6) is 0.629. The largest absolute Gasteiger partial charge is 0.508 e. The molecule has 3 heteroatoms. The van der Waals surface area contributed by atoms with E-state index in [4.69, 9.17) is 0 Å². The van der Waals surface area contributed by atoms with Crippen molar-refractivity contribution in [1.29, 1.82) is 0 Å². The third kappa shape index (κ3) is 4.00. The number of aryl methyl sites for hydroxylation is 1. The highest BCUT2D eigenvalue weighted by molar-refractivity contribution is 5.35. The van der Waals surface area contributed by atoms with Crippen LogP contribution >= 0.6 is 0 Å². The van der Waals surface area contributed by atoms with E-state index in [1.165, 1.54) is 5.56 Å². The quantitative estimate of drug-likeness (QED) is 0.722. The van der Waals surface area contributed by atoms with Gasteiger partial charge in [0.1, 0.15) is 11.5 Å². The van der Waals surface area contributed by atoms with Gasteiger partial charge in [0.15, 0.2) is 0 Å². The van der Waals surface area contributed by atoms with E-state index in [0.717, 1.165) is 24.1 Å². The van der Waals surface area contributed by atoms with Crippen molar-refractivity contribution >= 4 is 0 Å². The number of phenols is 2. The fourth-order valence-electron chi connectivity index (χ4n) is 1.97. The van der Waals surface area contributed by atoms with Crippen LogP contribution in [0.3, 0.4) is 0 Å². The molecule has 2 rings (SSSR count). The highest BCUT2D eigenvalue weighted by Crippen LogP contribution is 2.17. The topological polar surface area (TPSA) is 52.5 Å². The molecule has 0 radical (unpaired) electrons. The van der Waals surface area contributed by atoms with Gasteiger partial charge in [0.2, 0.25) is 0 Å². The summed E-state index contributed by atoms with van der Waals surface area (Å²) in [4.78, 5) is 0. The normalized spacial score (nSPS) is 10.6. The van der Waals surface area contributed by atoms with Crippen LogP contribution in [0.2, 0.25) is 0 Å². The first-order chi connectivity index (χ1) is 9.15. The standard InChI is InChI=1S/C16H19NO2/c1-12-2-7-16(19)14(10-12)11-17-9-8-13-3-5-15(18)6-4-13/h2-7,10,17-19H,8-9,11H2,1H3. The van der Waals surface area contributed by atoms with E-state index in [2.05, 4.69) is 5.32 Å². The zero-order chi connectivity index (χ0) is 13.7. The van der Waals surface area contributed by atoms with Crippen molar-refractivity contribution in [2.75, 3.05) is 6.54 Å². The average Bonchev–Trinajstić information content (AvgIpc) is 2.40. The molecular weight excluding hydrogens is 238 g/mol. The van der Waals surface area contributed by atoms with Crippen molar-refractivity contribution in [3.05, 3.63) is 59.2 Å². The monoisotopic (exact) mass is 257 g/mol. The molecule has 0 unspecified atom stereocenters. The Balaban J connectivity index is 1.80.